The summed E-state index contributed by atoms with van der Waals surface area (Å²) in [5, 5.41) is 10.6. The number of aliphatic hydroxyl groups excluding tert-OH is 1. The molecule has 2 fully saturated rings. The normalized spacial score (nSPS) is 29.7. The number of likely N-dealkylation sites (tertiary alicyclic amines) is 1. The maximum Gasteiger partial charge on any atom is 0.161 e. The van der Waals surface area contributed by atoms with E-state index in [4.69, 9.17) is 9.47 Å². The molecule has 26 heavy (non-hydrogen) atoms. The summed E-state index contributed by atoms with van der Waals surface area (Å²) in [5.41, 5.74) is 1.26. The molecule has 150 valence electrons. The Morgan fingerprint density at radius 2 is 1.69 bits per heavy atom. The molecular formula is C22H39NO3. The fourth-order valence-corrected chi connectivity index (χ4v) is 5.15. The smallest absolute Gasteiger partial charge is 0.161 e. The molecule has 0 amide bonds. The molecule has 4 heteroatoms. The van der Waals surface area contributed by atoms with E-state index in [0.29, 0.717) is 6.04 Å². The Morgan fingerprint density at radius 1 is 1.08 bits per heavy atom. The minimum Gasteiger partial charge on any atom is -0.493 e. The summed E-state index contributed by atoms with van der Waals surface area (Å²) < 4.78 is 10.9. The third-order valence-corrected chi connectivity index (χ3v) is 6.26. The molecule has 1 N–H and O–H groups in total. The molecule has 0 aromatic heterocycles. The summed E-state index contributed by atoms with van der Waals surface area (Å²) in [6, 6.07) is 6.66. The highest BCUT2D eigenvalue weighted by Gasteiger charge is 2.58. The zero-order chi connectivity index (χ0) is 18.8. The molecule has 2 aliphatic rings. The van der Waals surface area contributed by atoms with Gasteiger partial charge in [0.2, 0.25) is 0 Å². The average molecular weight is 366 g/mol. The molecule has 1 saturated heterocycles. The van der Waals surface area contributed by atoms with Gasteiger partial charge in [-0.1, -0.05) is 41.2 Å². The van der Waals surface area contributed by atoms with Crippen molar-refractivity contribution in [2.45, 2.75) is 71.9 Å². The minimum absolute atomic E-state index is 0. The van der Waals surface area contributed by atoms with Gasteiger partial charge in [-0.25, -0.2) is 0 Å². The molecule has 0 bridgehead atoms. The summed E-state index contributed by atoms with van der Waals surface area (Å²) in [7, 11) is 5.54. The Labute approximate surface area is 160 Å². The highest BCUT2D eigenvalue weighted by atomic mass is 16.5. The standard InChI is InChI=1S/C19H29NO3.C2H6.CH4/c1-18(2)16(21)8-9-19(10-11-20(3)17(18)19)13-6-7-14(22-4)15(12-13)23-5;1-2;/h6-7,12,16-17,21H,8-11H2,1-5H3;1-2H3;1H4/t16?,17?,19-;;/m0../s1. The Balaban J connectivity index is 0.00000109. The van der Waals surface area contributed by atoms with E-state index in [1.54, 1.807) is 14.2 Å². The summed E-state index contributed by atoms with van der Waals surface area (Å²) in [6.45, 7) is 9.48. The minimum atomic E-state index is -0.249. The van der Waals surface area contributed by atoms with E-state index in [-0.39, 0.29) is 24.4 Å². The zero-order valence-corrected chi connectivity index (χ0v) is 16.9. The highest BCUT2D eigenvalue weighted by Crippen LogP contribution is 2.55. The Bertz CT molecular complexity index is 587. The van der Waals surface area contributed by atoms with E-state index in [0.717, 1.165) is 37.3 Å². The van der Waals surface area contributed by atoms with Crippen molar-refractivity contribution in [2.75, 3.05) is 27.8 Å². The zero-order valence-electron chi connectivity index (χ0n) is 16.9. The van der Waals surface area contributed by atoms with Crippen LogP contribution in [0.1, 0.15) is 59.9 Å². The second-order valence-electron chi connectivity index (χ2n) is 7.73. The maximum atomic E-state index is 10.6. The number of aliphatic hydroxyl groups is 1. The van der Waals surface area contributed by atoms with Crippen LogP contribution in [-0.2, 0) is 5.41 Å². The summed E-state index contributed by atoms with van der Waals surface area (Å²) in [6.07, 6.45) is 2.74. The van der Waals surface area contributed by atoms with Gasteiger partial charge in [0.1, 0.15) is 0 Å². The number of rotatable bonds is 3. The molecule has 0 radical (unpaired) electrons. The van der Waals surface area contributed by atoms with Gasteiger partial charge in [-0.05, 0) is 50.6 Å². The number of hydrogen-bond donors (Lipinski definition) is 1. The first kappa shape index (κ1) is 22.8. The number of ether oxygens (including phenoxy) is 2. The second kappa shape index (κ2) is 8.62. The van der Waals surface area contributed by atoms with Crippen LogP contribution in [0.4, 0.5) is 0 Å². The van der Waals surface area contributed by atoms with E-state index in [1.807, 2.05) is 19.9 Å². The summed E-state index contributed by atoms with van der Waals surface area (Å²) in [4.78, 5) is 2.43. The number of nitrogens with zero attached hydrogens (tertiary/aromatic N) is 1. The van der Waals surface area contributed by atoms with Gasteiger partial charge in [-0.3, -0.25) is 0 Å². The first-order valence-corrected chi connectivity index (χ1v) is 9.47. The predicted molar refractivity (Wildman–Crippen MR) is 109 cm³/mol. The van der Waals surface area contributed by atoms with Crippen molar-refractivity contribution >= 4 is 0 Å². The molecular weight excluding hydrogens is 326 g/mol. The molecule has 2 unspecified atom stereocenters. The van der Waals surface area contributed by atoms with Crippen LogP contribution in [0.3, 0.4) is 0 Å². The van der Waals surface area contributed by atoms with Crippen LogP contribution in [-0.4, -0.2) is 50.0 Å². The van der Waals surface area contributed by atoms with Crippen LogP contribution < -0.4 is 9.47 Å². The Morgan fingerprint density at radius 3 is 2.27 bits per heavy atom. The second-order valence-corrected chi connectivity index (χ2v) is 7.73. The quantitative estimate of drug-likeness (QED) is 0.857. The summed E-state index contributed by atoms with van der Waals surface area (Å²) >= 11 is 0. The number of hydrogen-bond acceptors (Lipinski definition) is 4. The lowest BCUT2D eigenvalue weighted by Gasteiger charge is -2.53. The number of fused-ring (bicyclic) bond motifs is 1. The topological polar surface area (TPSA) is 41.9 Å². The molecule has 1 saturated carbocycles. The molecule has 0 spiro atoms. The van der Waals surface area contributed by atoms with Crippen LogP contribution >= 0.6 is 0 Å². The van der Waals surface area contributed by atoms with Crippen molar-refractivity contribution in [2.24, 2.45) is 5.41 Å². The van der Waals surface area contributed by atoms with Crippen molar-refractivity contribution in [1.82, 2.24) is 4.90 Å². The largest absolute Gasteiger partial charge is 0.493 e. The van der Waals surface area contributed by atoms with Crippen molar-refractivity contribution in [3.63, 3.8) is 0 Å². The molecule has 1 aromatic rings. The number of methoxy groups -OCH3 is 2. The van der Waals surface area contributed by atoms with Gasteiger partial charge >= 0.3 is 0 Å². The molecule has 1 heterocycles. The fourth-order valence-electron chi connectivity index (χ4n) is 5.15. The number of benzene rings is 1. The van der Waals surface area contributed by atoms with Gasteiger partial charge in [0, 0.05) is 16.9 Å². The highest BCUT2D eigenvalue weighted by molar-refractivity contribution is 5.47. The van der Waals surface area contributed by atoms with Crippen LogP contribution in [0.15, 0.2) is 18.2 Å². The molecule has 1 aromatic carbocycles. The lowest BCUT2D eigenvalue weighted by molar-refractivity contribution is -0.0619. The van der Waals surface area contributed by atoms with Gasteiger partial charge in [0.15, 0.2) is 11.5 Å². The fraction of sp³-hybridized carbons (Fsp3) is 0.727. The van der Waals surface area contributed by atoms with Gasteiger partial charge in [-0.2, -0.15) is 0 Å². The molecule has 3 atom stereocenters. The maximum absolute atomic E-state index is 10.6. The van der Waals surface area contributed by atoms with Crippen LogP contribution in [0.5, 0.6) is 11.5 Å². The van der Waals surface area contributed by atoms with E-state index < -0.39 is 0 Å². The number of likely N-dealkylation sites (N-methyl/N-ethyl adjacent to an activating group) is 1. The molecule has 4 nitrogen and oxygen atoms in total. The van der Waals surface area contributed by atoms with E-state index in [2.05, 4.69) is 37.9 Å². The molecule has 1 aliphatic heterocycles. The lowest BCUT2D eigenvalue weighted by atomic mass is 9.56. The molecule has 1 aliphatic carbocycles. The molecule has 3 rings (SSSR count). The van der Waals surface area contributed by atoms with Gasteiger partial charge in [0.25, 0.3) is 0 Å². The van der Waals surface area contributed by atoms with Crippen molar-refractivity contribution in [3.05, 3.63) is 23.8 Å². The van der Waals surface area contributed by atoms with Gasteiger partial charge < -0.3 is 19.5 Å². The van der Waals surface area contributed by atoms with Crippen molar-refractivity contribution in [1.29, 1.82) is 0 Å². The predicted octanol–water partition coefficient (Wildman–Crippen LogP) is 4.49. The first-order valence-electron chi connectivity index (χ1n) is 9.47. The monoisotopic (exact) mass is 365 g/mol. The average Bonchev–Trinajstić information content (AvgIpc) is 2.98. The van der Waals surface area contributed by atoms with E-state index in [1.165, 1.54) is 5.56 Å². The third kappa shape index (κ3) is 3.46. The Kier molecular flexibility index (Phi) is 7.55. The first-order chi connectivity index (χ1) is 11.9. The lowest BCUT2D eigenvalue weighted by Crippen LogP contribution is -2.58. The third-order valence-electron chi connectivity index (χ3n) is 6.26. The summed E-state index contributed by atoms with van der Waals surface area (Å²) in [5.74, 6) is 1.56. The van der Waals surface area contributed by atoms with Gasteiger partial charge in [-0.15, -0.1) is 0 Å². The van der Waals surface area contributed by atoms with Crippen LogP contribution in [0.25, 0.3) is 0 Å². The Hall–Kier alpha value is -1.26. The van der Waals surface area contributed by atoms with Crippen molar-refractivity contribution in [3.8, 4) is 11.5 Å². The van der Waals surface area contributed by atoms with E-state index in [9.17, 15) is 5.11 Å². The SMILES string of the molecule is C.CC.COc1ccc([C@@]23CCC(O)C(C)(C)C2N(C)CC3)cc1OC. The van der Waals surface area contributed by atoms with Crippen LogP contribution in [0.2, 0.25) is 0 Å². The van der Waals surface area contributed by atoms with Crippen LogP contribution in [0, 0.1) is 5.41 Å². The van der Waals surface area contributed by atoms with E-state index >= 15 is 0 Å². The van der Waals surface area contributed by atoms with Crippen molar-refractivity contribution < 1.29 is 14.6 Å². The van der Waals surface area contributed by atoms with Gasteiger partial charge in [0.05, 0.1) is 20.3 Å².